The predicted molar refractivity (Wildman–Crippen MR) is 44.8 cm³/mol. The Morgan fingerprint density at radius 1 is 1.40 bits per heavy atom. The summed E-state index contributed by atoms with van der Waals surface area (Å²) in [5.41, 5.74) is 0. The summed E-state index contributed by atoms with van der Waals surface area (Å²) in [5.74, 6) is 0.924. The molecule has 0 saturated carbocycles. The topological polar surface area (TPSA) is 20.2 Å². The minimum absolute atomic E-state index is 0.211. The third kappa shape index (κ3) is 3.02. The van der Waals surface area contributed by atoms with E-state index >= 15 is 0 Å². The van der Waals surface area contributed by atoms with Gasteiger partial charge in [-0.1, -0.05) is 26.8 Å². The molecule has 0 aromatic rings. The standard InChI is InChI=1S/C9H18O/c1-5-6-9(10)8(4)7(2)3/h5,7-10H,1,6H2,2-4H3/t8?,9-/m0/s1. The summed E-state index contributed by atoms with van der Waals surface area (Å²) in [6.45, 7) is 9.89. The zero-order valence-electron chi connectivity index (χ0n) is 7.17. The van der Waals surface area contributed by atoms with Crippen molar-refractivity contribution in [1.82, 2.24) is 0 Å². The van der Waals surface area contributed by atoms with Gasteiger partial charge in [0.25, 0.3) is 0 Å². The minimum Gasteiger partial charge on any atom is -0.393 e. The maximum absolute atomic E-state index is 9.42. The summed E-state index contributed by atoms with van der Waals surface area (Å²) in [6, 6.07) is 0. The first-order valence-corrected chi connectivity index (χ1v) is 3.88. The molecule has 0 aromatic heterocycles. The third-order valence-corrected chi connectivity index (χ3v) is 2.07. The van der Waals surface area contributed by atoms with Gasteiger partial charge in [-0.05, 0) is 18.3 Å². The molecule has 0 aliphatic carbocycles. The van der Waals surface area contributed by atoms with Gasteiger partial charge in [-0.25, -0.2) is 0 Å². The quantitative estimate of drug-likeness (QED) is 0.597. The SMILES string of the molecule is C=CC[C@H](O)C(C)C(C)C. The lowest BCUT2D eigenvalue weighted by Crippen LogP contribution is -2.21. The van der Waals surface area contributed by atoms with Crippen LogP contribution in [-0.2, 0) is 0 Å². The first-order chi connectivity index (χ1) is 4.59. The van der Waals surface area contributed by atoms with Gasteiger partial charge in [0.05, 0.1) is 6.10 Å². The molecule has 1 N–H and O–H groups in total. The fraction of sp³-hybridized carbons (Fsp3) is 0.778. The van der Waals surface area contributed by atoms with E-state index in [9.17, 15) is 5.11 Å². The van der Waals surface area contributed by atoms with E-state index in [-0.39, 0.29) is 6.10 Å². The average molecular weight is 142 g/mol. The number of hydrogen-bond acceptors (Lipinski definition) is 1. The number of aliphatic hydroxyl groups is 1. The molecule has 1 nitrogen and oxygen atoms in total. The van der Waals surface area contributed by atoms with E-state index in [1.54, 1.807) is 6.08 Å². The largest absolute Gasteiger partial charge is 0.393 e. The Balaban J connectivity index is 3.68. The van der Waals surface area contributed by atoms with Crippen LogP contribution in [0.3, 0.4) is 0 Å². The molecule has 0 bridgehead atoms. The Hall–Kier alpha value is -0.300. The molecule has 2 atom stereocenters. The normalized spacial score (nSPS) is 16.9. The molecule has 0 saturated heterocycles. The van der Waals surface area contributed by atoms with Crippen LogP contribution in [0.2, 0.25) is 0 Å². The third-order valence-electron chi connectivity index (χ3n) is 2.07. The van der Waals surface area contributed by atoms with Crippen LogP contribution in [0, 0.1) is 11.8 Å². The van der Waals surface area contributed by atoms with Gasteiger partial charge in [0, 0.05) is 0 Å². The molecule has 60 valence electrons. The summed E-state index contributed by atoms with van der Waals surface area (Å²) in [6.07, 6.45) is 2.26. The first kappa shape index (κ1) is 9.70. The van der Waals surface area contributed by atoms with Crippen molar-refractivity contribution in [2.45, 2.75) is 33.3 Å². The van der Waals surface area contributed by atoms with Crippen LogP contribution in [0.15, 0.2) is 12.7 Å². The van der Waals surface area contributed by atoms with Crippen molar-refractivity contribution in [2.75, 3.05) is 0 Å². The van der Waals surface area contributed by atoms with E-state index in [1.165, 1.54) is 0 Å². The average Bonchev–Trinajstić information content (AvgIpc) is 1.87. The van der Waals surface area contributed by atoms with Gasteiger partial charge >= 0.3 is 0 Å². The Bertz CT molecular complexity index is 96.9. The lowest BCUT2D eigenvalue weighted by molar-refractivity contribution is 0.0946. The summed E-state index contributed by atoms with van der Waals surface area (Å²) >= 11 is 0. The van der Waals surface area contributed by atoms with E-state index < -0.39 is 0 Å². The monoisotopic (exact) mass is 142 g/mol. The molecule has 0 heterocycles. The van der Waals surface area contributed by atoms with Crippen molar-refractivity contribution in [3.8, 4) is 0 Å². The second kappa shape index (κ2) is 4.51. The molecule has 0 radical (unpaired) electrons. The summed E-state index contributed by atoms with van der Waals surface area (Å²) in [4.78, 5) is 0. The highest BCUT2D eigenvalue weighted by Gasteiger charge is 2.15. The molecule has 0 aliphatic heterocycles. The van der Waals surface area contributed by atoms with Gasteiger partial charge in [-0.15, -0.1) is 6.58 Å². The van der Waals surface area contributed by atoms with Gasteiger partial charge in [0.2, 0.25) is 0 Å². The Kier molecular flexibility index (Phi) is 4.37. The molecular formula is C9H18O. The Labute approximate surface area is 63.8 Å². The van der Waals surface area contributed by atoms with Gasteiger partial charge in [0.15, 0.2) is 0 Å². The minimum atomic E-state index is -0.211. The van der Waals surface area contributed by atoms with Crippen molar-refractivity contribution in [3.63, 3.8) is 0 Å². The highest BCUT2D eigenvalue weighted by atomic mass is 16.3. The maximum Gasteiger partial charge on any atom is 0.0602 e. The second-order valence-electron chi connectivity index (χ2n) is 3.19. The van der Waals surface area contributed by atoms with Crippen molar-refractivity contribution in [3.05, 3.63) is 12.7 Å². The lowest BCUT2D eigenvalue weighted by atomic mass is 9.91. The van der Waals surface area contributed by atoms with Crippen molar-refractivity contribution in [2.24, 2.45) is 11.8 Å². The van der Waals surface area contributed by atoms with Gasteiger partial charge in [0.1, 0.15) is 0 Å². The zero-order chi connectivity index (χ0) is 8.15. The molecular weight excluding hydrogens is 124 g/mol. The van der Waals surface area contributed by atoms with E-state index in [4.69, 9.17) is 0 Å². The number of rotatable bonds is 4. The summed E-state index contributed by atoms with van der Waals surface area (Å²) in [7, 11) is 0. The second-order valence-corrected chi connectivity index (χ2v) is 3.19. The summed E-state index contributed by atoms with van der Waals surface area (Å²) < 4.78 is 0. The first-order valence-electron chi connectivity index (χ1n) is 3.88. The van der Waals surface area contributed by atoms with Crippen LogP contribution in [-0.4, -0.2) is 11.2 Å². The fourth-order valence-electron chi connectivity index (χ4n) is 0.830. The van der Waals surface area contributed by atoms with Gasteiger partial charge in [-0.3, -0.25) is 0 Å². The van der Waals surface area contributed by atoms with Crippen molar-refractivity contribution < 1.29 is 5.11 Å². The number of aliphatic hydroxyl groups excluding tert-OH is 1. The molecule has 0 aliphatic rings. The molecule has 0 aromatic carbocycles. The molecule has 1 heteroatoms. The molecule has 1 unspecified atom stereocenters. The lowest BCUT2D eigenvalue weighted by Gasteiger charge is -2.20. The van der Waals surface area contributed by atoms with Gasteiger partial charge < -0.3 is 5.11 Å². The molecule has 0 rings (SSSR count). The molecule has 10 heavy (non-hydrogen) atoms. The van der Waals surface area contributed by atoms with E-state index in [2.05, 4.69) is 27.4 Å². The molecule has 0 amide bonds. The van der Waals surface area contributed by atoms with E-state index in [0.717, 1.165) is 0 Å². The smallest absolute Gasteiger partial charge is 0.0602 e. The van der Waals surface area contributed by atoms with E-state index in [1.807, 2.05) is 0 Å². The van der Waals surface area contributed by atoms with Crippen LogP contribution < -0.4 is 0 Å². The summed E-state index contributed by atoms with van der Waals surface area (Å²) in [5, 5.41) is 9.42. The fourth-order valence-corrected chi connectivity index (χ4v) is 0.830. The molecule has 0 spiro atoms. The Morgan fingerprint density at radius 2 is 1.90 bits per heavy atom. The maximum atomic E-state index is 9.42. The number of hydrogen-bond donors (Lipinski definition) is 1. The zero-order valence-corrected chi connectivity index (χ0v) is 7.17. The van der Waals surface area contributed by atoms with Gasteiger partial charge in [-0.2, -0.15) is 0 Å². The van der Waals surface area contributed by atoms with Crippen LogP contribution in [0.1, 0.15) is 27.2 Å². The van der Waals surface area contributed by atoms with Crippen LogP contribution >= 0.6 is 0 Å². The predicted octanol–water partition coefficient (Wildman–Crippen LogP) is 2.22. The highest BCUT2D eigenvalue weighted by Crippen LogP contribution is 2.16. The van der Waals surface area contributed by atoms with E-state index in [0.29, 0.717) is 18.3 Å². The molecule has 0 fully saturated rings. The van der Waals surface area contributed by atoms with Crippen molar-refractivity contribution in [1.29, 1.82) is 0 Å². The van der Waals surface area contributed by atoms with Crippen molar-refractivity contribution >= 4 is 0 Å². The van der Waals surface area contributed by atoms with Crippen LogP contribution in [0.5, 0.6) is 0 Å². The van der Waals surface area contributed by atoms with Crippen LogP contribution in [0.25, 0.3) is 0 Å². The van der Waals surface area contributed by atoms with Crippen LogP contribution in [0.4, 0.5) is 0 Å². The Morgan fingerprint density at radius 3 is 2.20 bits per heavy atom. The highest BCUT2D eigenvalue weighted by molar-refractivity contribution is 4.76.